The lowest BCUT2D eigenvalue weighted by molar-refractivity contribution is -0.144. The van der Waals surface area contributed by atoms with Crippen LogP contribution in [0.4, 0.5) is 0 Å². The predicted molar refractivity (Wildman–Crippen MR) is 108 cm³/mol. The van der Waals surface area contributed by atoms with E-state index in [-0.39, 0.29) is 12.5 Å². The van der Waals surface area contributed by atoms with Crippen molar-refractivity contribution in [3.8, 4) is 0 Å². The summed E-state index contributed by atoms with van der Waals surface area (Å²) in [6.45, 7) is 6.94. The van der Waals surface area contributed by atoms with E-state index >= 15 is 0 Å². The summed E-state index contributed by atoms with van der Waals surface area (Å²) in [5, 5.41) is 9.25. The van der Waals surface area contributed by atoms with E-state index in [9.17, 15) is 14.7 Å². The van der Waals surface area contributed by atoms with Crippen molar-refractivity contribution >= 4 is 23.7 Å². The lowest BCUT2D eigenvalue weighted by atomic mass is 10.1. The van der Waals surface area contributed by atoms with E-state index in [1.165, 1.54) is 11.8 Å². The molecule has 0 fully saturated rings. The molecule has 6 nitrogen and oxygen atoms in total. The number of carbonyl (C=O) groups is 2. The monoisotopic (exact) mass is 405 g/mol. The fourth-order valence-corrected chi connectivity index (χ4v) is 3.52. The Morgan fingerprint density at radius 2 is 1.93 bits per heavy atom. The molecular formula is C21H27NO5S. The van der Waals surface area contributed by atoms with Gasteiger partial charge < -0.3 is 14.3 Å². The third-order valence-corrected chi connectivity index (χ3v) is 5.34. The van der Waals surface area contributed by atoms with E-state index in [4.69, 9.17) is 9.15 Å². The molecule has 0 aliphatic rings. The van der Waals surface area contributed by atoms with Crippen LogP contribution in [0.1, 0.15) is 32.1 Å². The number of hydrogen-bond donors (Lipinski definition) is 1. The van der Waals surface area contributed by atoms with Gasteiger partial charge in [-0.15, -0.1) is 11.8 Å². The second kappa shape index (κ2) is 10.3. The van der Waals surface area contributed by atoms with Gasteiger partial charge in [-0.05, 0) is 57.0 Å². The van der Waals surface area contributed by atoms with Gasteiger partial charge in [-0.1, -0.05) is 12.1 Å². The Hall–Kier alpha value is -2.25. The number of nitrogens with zero attached hydrogens (tertiary/aromatic N) is 1. The number of benzene rings is 1. The highest BCUT2D eigenvalue weighted by atomic mass is 32.2. The number of rotatable bonds is 11. The van der Waals surface area contributed by atoms with E-state index in [1.807, 2.05) is 41.3 Å². The summed E-state index contributed by atoms with van der Waals surface area (Å²) in [5.41, 5.74) is 1.12. The molecular weight excluding hydrogens is 378 g/mol. The first-order valence-electron chi connectivity index (χ1n) is 9.22. The Morgan fingerprint density at radius 3 is 2.50 bits per heavy atom. The van der Waals surface area contributed by atoms with Crippen molar-refractivity contribution in [2.75, 3.05) is 19.7 Å². The topological polar surface area (TPSA) is 80.0 Å². The van der Waals surface area contributed by atoms with Crippen molar-refractivity contribution in [2.45, 2.75) is 43.4 Å². The Bertz CT molecular complexity index is 756. The zero-order valence-electron chi connectivity index (χ0n) is 16.5. The van der Waals surface area contributed by atoms with E-state index < -0.39 is 10.7 Å². The molecule has 1 N–H and O–H groups in total. The molecule has 1 aromatic carbocycles. The van der Waals surface area contributed by atoms with E-state index in [2.05, 4.69) is 0 Å². The molecule has 1 heterocycles. The van der Waals surface area contributed by atoms with Crippen LogP contribution >= 0.6 is 11.8 Å². The number of hydrogen-bond acceptors (Lipinski definition) is 6. The molecule has 2 aromatic rings. The molecule has 7 heteroatoms. The zero-order valence-corrected chi connectivity index (χ0v) is 17.3. The van der Waals surface area contributed by atoms with Crippen LogP contribution < -0.4 is 0 Å². The number of aliphatic carboxylic acids is 1. The highest BCUT2D eigenvalue weighted by Gasteiger charge is 2.28. The number of carboxylic acid groups (broad SMARTS) is 1. The Morgan fingerprint density at radius 1 is 1.21 bits per heavy atom. The maximum Gasteiger partial charge on any atom is 0.320 e. The molecule has 0 atom stereocenters. The maximum absolute atomic E-state index is 11.9. The van der Waals surface area contributed by atoms with Crippen LogP contribution in [0.2, 0.25) is 0 Å². The van der Waals surface area contributed by atoms with Gasteiger partial charge in [-0.25, -0.2) is 0 Å². The van der Waals surface area contributed by atoms with Gasteiger partial charge >= 0.3 is 11.9 Å². The SMILES string of the molecule is CCOC(=O)CN(CCc1ccc(SC(C)(C)C(=O)O)cc1)Cc1ccco1. The van der Waals surface area contributed by atoms with Crippen LogP contribution in [0.3, 0.4) is 0 Å². The third kappa shape index (κ3) is 7.05. The molecule has 2 rings (SSSR count). The van der Waals surface area contributed by atoms with Crippen LogP contribution in [-0.4, -0.2) is 46.4 Å². The number of carboxylic acids is 1. The zero-order chi connectivity index (χ0) is 20.6. The van der Waals surface area contributed by atoms with E-state index in [0.717, 1.165) is 22.6 Å². The molecule has 28 heavy (non-hydrogen) atoms. The van der Waals surface area contributed by atoms with Crippen LogP contribution in [0.5, 0.6) is 0 Å². The summed E-state index contributed by atoms with van der Waals surface area (Å²) in [5.74, 6) is -0.294. The summed E-state index contributed by atoms with van der Waals surface area (Å²) < 4.78 is 9.58. The molecule has 1 aromatic heterocycles. The van der Waals surface area contributed by atoms with Gasteiger partial charge in [0.25, 0.3) is 0 Å². The number of esters is 1. The summed E-state index contributed by atoms with van der Waals surface area (Å²) in [6.07, 6.45) is 2.38. The minimum atomic E-state index is -0.874. The van der Waals surface area contributed by atoms with Gasteiger partial charge in [0, 0.05) is 11.4 Å². The fraction of sp³-hybridized carbons (Fsp3) is 0.429. The highest BCUT2D eigenvalue weighted by molar-refractivity contribution is 8.01. The number of ether oxygens (including phenoxy) is 1. The maximum atomic E-state index is 11.9. The standard InChI is InChI=1S/C21H27NO5S/c1-4-26-19(23)15-22(14-17-6-5-13-27-17)12-11-16-7-9-18(10-8-16)28-21(2,3)20(24)25/h5-10,13H,4,11-12,14-15H2,1-3H3,(H,24,25). The normalized spacial score (nSPS) is 11.6. The highest BCUT2D eigenvalue weighted by Crippen LogP contribution is 2.32. The minimum absolute atomic E-state index is 0.204. The van der Waals surface area contributed by atoms with E-state index in [1.54, 1.807) is 27.0 Å². The summed E-state index contributed by atoms with van der Waals surface area (Å²) in [6, 6.07) is 11.6. The van der Waals surface area contributed by atoms with E-state index in [0.29, 0.717) is 19.7 Å². The third-order valence-electron chi connectivity index (χ3n) is 4.15. The molecule has 0 aliphatic heterocycles. The van der Waals surface area contributed by atoms with Gasteiger partial charge in [-0.3, -0.25) is 14.5 Å². The first-order chi connectivity index (χ1) is 13.3. The average Bonchev–Trinajstić information content (AvgIpc) is 3.13. The largest absolute Gasteiger partial charge is 0.480 e. The summed E-state index contributed by atoms with van der Waals surface area (Å²) in [4.78, 5) is 26.0. The van der Waals surface area contributed by atoms with Crippen molar-refractivity contribution in [1.29, 1.82) is 0 Å². The number of furan rings is 1. The number of thioether (sulfide) groups is 1. The second-order valence-corrected chi connectivity index (χ2v) is 8.60. The van der Waals surface area contributed by atoms with Crippen LogP contribution in [-0.2, 0) is 27.3 Å². The van der Waals surface area contributed by atoms with Gasteiger partial charge in [0.05, 0.1) is 26.0 Å². The van der Waals surface area contributed by atoms with Gasteiger partial charge in [0.1, 0.15) is 10.5 Å². The molecule has 0 spiro atoms. The first-order valence-corrected chi connectivity index (χ1v) is 10.0. The molecule has 0 saturated carbocycles. The molecule has 0 aliphatic carbocycles. The lowest BCUT2D eigenvalue weighted by Gasteiger charge is -2.20. The minimum Gasteiger partial charge on any atom is -0.480 e. The quantitative estimate of drug-likeness (QED) is 0.449. The van der Waals surface area contributed by atoms with Crippen molar-refractivity contribution < 1.29 is 23.8 Å². The van der Waals surface area contributed by atoms with Gasteiger partial charge in [0.15, 0.2) is 0 Å². The molecule has 0 saturated heterocycles. The summed E-state index contributed by atoms with van der Waals surface area (Å²) in [7, 11) is 0. The van der Waals surface area contributed by atoms with Gasteiger partial charge in [-0.2, -0.15) is 0 Å². The Labute approximate surface area is 169 Å². The fourth-order valence-electron chi connectivity index (χ4n) is 2.58. The number of carbonyl (C=O) groups excluding carboxylic acids is 1. The molecule has 152 valence electrons. The predicted octanol–water partition coefficient (Wildman–Crippen LogP) is 3.84. The molecule has 0 bridgehead atoms. The Balaban J connectivity index is 1.95. The molecule has 0 unspecified atom stereocenters. The van der Waals surface area contributed by atoms with Crippen molar-refractivity contribution in [3.05, 3.63) is 54.0 Å². The molecule has 0 radical (unpaired) electrons. The van der Waals surface area contributed by atoms with Crippen molar-refractivity contribution in [2.24, 2.45) is 0 Å². The van der Waals surface area contributed by atoms with Crippen molar-refractivity contribution in [3.63, 3.8) is 0 Å². The van der Waals surface area contributed by atoms with Crippen LogP contribution in [0.25, 0.3) is 0 Å². The first kappa shape index (κ1) is 22.0. The van der Waals surface area contributed by atoms with Crippen LogP contribution in [0, 0.1) is 0 Å². The Kier molecular flexibility index (Phi) is 8.14. The summed E-state index contributed by atoms with van der Waals surface area (Å²) >= 11 is 1.32. The molecule has 0 amide bonds. The smallest absolute Gasteiger partial charge is 0.320 e. The second-order valence-electron chi connectivity index (χ2n) is 6.91. The van der Waals surface area contributed by atoms with Crippen LogP contribution in [0.15, 0.2) is 52.0 Å². The lowest BCUT2D eigenvalue weighted by Crippen LogP contribution is -2.32. The van der Waals surface area contributed by atoms with Gasteiger partial charge in [0.2, 0.25) is 0 Å². The van der Waals surface area contributed by atoms with Crippen molar-refractivity contribution in [1.82, 2.24) is 4.90 Å². The average molecular weight is 406 g/mol.